The Morgan fingerprint density at radius 1 is 0.302 bits per heavy atom. The molecule has 0 aromatic heterocycles. The molecule has 0 rings (SSSR count). The maximum absolute atomic E-state index is 13.1. The van der Waals surface area contributed by atoms with Gasteiger partial charge in [0.25, 0.3) is 0 Å². The first-order valence-corrected chi connectivity index (χ1v) is 42.9. The number of phosphoric acid groups is 2. The first-order chi connectivity index (χ1) is 46.3. The highest BCUT2D eigenvalue weighted by Gasteiger charge is 2.30. The number of aliphatic hydroxyl groups is 1. The molecule has 0 aliphatic heterocycles. The lowest BCUT2D eigenvalue weighted by molar-refractivity contribution is -0.161. The van der Waals surface area contributed by atoms with Crippen molar-refractivity contribution >= 4 is 39.5 Å². The Morgan fingerprint density at radius 3 is 0.792 bits per heavy atom. The van der Waals surface area contributed by atoms with Gasteiger partial charge in [-0.15, -0.1) is 0 Å². The third kappa shape index (κ3) is 69.2. The van der Waals surface area contributed by atoms with Crippen LogP contribution in [0.25, 0.3) is 0 Å². The number of carbonyl (C=O) groups excluding carboxylic acids is 4. The second-order valence-electron chi connectivity index (χ2n) is 28.9. The average Bonchev–Trinajstić information content (AvgIpc) is 1.12. The number of aliphatic hydroxyl groups excluding tert-OH is 1. The molecule has 0 aliphatic rings. The minimum Gasteiger partial charge on any atom is -0.462 e. The molecule has 19 heteroatoms. The highest BCUT2D eigenvalue weighted by molar-refractivity contribution is 7.47. The molecule has 0 fully saturated rings. The van der Waals surface area contributed by atoms with Crippen LogP contribution in [0, 0.1) is 17.8 Å². The van der Waals surface area contributed by atoms with Gasteiger partial charge in [0.15, 0.2) is 12.2 Å². The molecule has 3 N–H and O–H groups in total. The summed E-state index contributed by atoms with van der Waals surface area (Å²) in [4.78, 5) is 72.8. The Kier molecular flexibility index (Phi) is 66.2. The third-order valence-corrected chi connectivity index (χ3v) is 20.1. The fourth-order valence-electron chi connectivity index (χ4n) is 11.7. The normalized spacial score (nSPS) is 14.3. The van der Waals surface area contributed by atoms with Crippen LogP contribution in [0.4, 0.5) is 0 Å². The summed E-state index contributed by atoms with van der Waals surface area (Å²) in [6, 6.07) is 0. The van der Waals surface area contributed by atoms with Gasteiger partial charge in [0.05, 0.1) is 26.4 Å². The van der Waals surface area contributed by atoms with E-state index in [1.807, 2.05) is 0 Å². The zero-order chi connectivity index (χ0) is 70.9. The van der Waals surface area contributed by atoms with Gasteiger partial charge in [-0.3, -0.25) is 37.3 Å². The molecule has 3 unspecified atom stereocenters. The molecule has 96 heavy (non-hydrogen) atoms. The zero-order valence-electron chi connectivity index (χ0n) is 62.8. The van der Waals surface area contributed by atoms with Gasteiger partial charge in [-0.25, -0.2) is 9.13 Å². The van der Waals surface area contributed by atoms with Crippen molar-refractivity contribution in [2.24, 2.45) is 17.8 Å². The summed E-state index contributed by atoms with van der Waals surface area (Å²) in [6.45, 7) is 11.9. The van der Waals surface area contributed by atoms with E-state index in [1.54, 1.807) is 0 Å². The number of phosphoric ester groups is 2. The maximum atomic E-state index is 13.1. The van der Waals surface area contributed by atoms with Crippen LogP contribution in [0.15, 0.2) is 0 Å². The van der Waals surface area contributed by atoms with Crippen LogP contribution in [0.5, 0.6) is 0 Å². The van der Waals surface area contributed by atoms with E-state index in [0.717, 1.165) is 108 Å². The standard InChI is InChI=1S/C77H150O17P2/c1-8-10-11-12-13-27-37-44-51-58-74(79)87-64-72(94-77(82)61-54-47-40-33-26-29-35-42-49-56-69(5)6)66-91-95(83,84)89-62-71(78)63-90-96(85,86)92-67-73(65-88-75(80)59-52-45-38-31-25-24-30-36-43-50-57-70(7)9-2)93-76(81)60-53-46-39-32-23-21-19-17-15-14-16-18-20-22-28-34-41-48-55-68(3)4/h68-73,78H,8-67H2,1-7H3,(H,83,84)(H,85,86)/t70?,71-,72+,73+/m0/s1. The van der Waals surface area contributed by atoms with Crippen LogP contribution in [0.2, 0.25) is 0 Å². The summed E-state index contributed by atoms with van der Waals surface area (Å²) in [6.07, 6.45) is 54.1. The van der Waals surface area contributed by atoms with E-state index in [9.17, 15) is 43.2 Å². The van der Waals surface area contributed by atoms with Gasteiger partial charge in [0.1, 0.15) is 19.3 Å². The second kappa shape index (κ2) is 67.5. The summed E-state index contributed by atoms with van der Waals surface area (Å²) < 4.78 is 68.5. The SMILES string of the molecule is CCCCCCCCCCCC(=O)OC[C@H](COP(=O)(O)OC[C@H](O)COP(=O)(O)OC[C@@H](COC(=O)CCCCCCCCCCCCC(C)CC)OC(=O)CCCCCCCCCCCCCCCCCCCCC(C)C)OC(=O)CCCCCCCCCCCC(C)C. The van der Waals surface area contributed by atoms with Crippen LogP contribution in [-0.2, 0) is 65.4 Å². The predicted octanol–water partition coefficient (Wildman–Crippen LogP) is 22.6. The lowest BCUT2D eigenvalue weighted by Gasteiger charge is -2.21. The van der Waals surface area contributed by atoms with Crippen molar-refractivity contribution in [3.05, 3.63) is 0 Å². The van der Waals surface area contributed by atoms with E-state index in [1.165, 1.54) is 205 Å². The molecule has 570 valence electrons. The maximum Gasteiger partial charge on any atom is 0.472 e. The minimum absolute atomic E-state index is 0.105. The average molecular weight is 1410 g/mol. The summed E-state index contributed by atoms with van der Waals surface area (Å²) in [7, 11) is -9.91. The van der Waals surface area contributed by atoms with Crippen LogP contribution in [0.1, 0.15) is 395 Å². The number of rotatable bonds is 75. The largest absolute Gasteiger partial charge is 0.472 e. The zero-order valence-corrected chi connectivity index (χ0v) is 64.6. The van der Waals surface area contributed by atoms with Gasteiger partial charge in [-0.05, 0) is 43.4 Å². The van der Waals surface area contributed by atoms with E-state index in [2.05, 4.69) is 48.5 Å². The number of esters is 4. The molecule has 17 nitrogen and oxygen atoms in total. The van der Waals surface area contributed by atoms with Crippen molar-refractivity contribution in [3.8, 4) is 0 Å². The second-order valence-corrected chi connectivity index (χ2v) is 31.8. The molecule has 0 bridgehead atoms. The van der Waals surface area contributed by atoms with Crippen molar-refractivity contribution in [2.45, 2.75) is 414 Å². The molecule has 0 spiro atoms. The molecule has 0 amide bonds. The Hall–Kier alpha value is -1.94. The van der Waals surface area contributed by atoms with Gasteiger partial charge in [0, 0.05) is 25.7 Å². The van der Waals surface area contributed by atoms with Gasteiger partial charge < -0.3 is 33.8 Å². The van der Waals surface area contributed by atoms with Crippen molar-refractivity contribution in [1.29, 1.82) is 0 Å². The van der Waals surface area contributed by atoms with Gasteiger partial charge in [-0.1, -0.05) is 344 Å². The number of ether oxygens (including phenoxy) is 4. The van der Waals surface area contributed by atoms with E-state index in [-0.39, 0.29) is 25.7 Å². The monoisotopic (exact) mass is 1410 g/mol. The molecular weight excluding hydrogens is 1260 g/mol. The quantitative estimate of drug-likeness (QED) is 0.0222. The lowest BCUT2D eigenvalue weighted by atomic mass is 9.99. The van der Waals surface area contributed by atoms with Crippen molar-refractivity contribution in [2.75, 3.05) is 39.6 Å². The topological polar surface area (TPSA) is 237 Å². The van der Waals surface area contributed by atoms with Gasteiger partial charge in [-0.2, -0.15) is 0 Å². The van der Waals surface area contributed by atoms with E-state index < -0.39 is 97.5 Å². The number of hydrogen-bond donors (Lipinski definition) is 3. The summed E-state index contributed by atoms with van der Waals surface area (Å²) in [5.41, 5.74) is 0. The smallest absolute Gasteiger partial charge is 0.462 e. The first kappa shape index (κ1) is 94.1. The number of unbranched alkanes of at least 4 members (excludes halogenated alkanes) is 42. The molecular formula is C77H150O17P2. The Bertz CT molecular complexity index is 1870. The summed E-state index contributed by atoms with van der Waals surface area (Å²) in [5, 5.41) is 10.6. The molecule has 0 radical (unpaired) electrons. The van der Waals surface area contributed by atoms with E-state index in [0.29, 0.717) is 25.7 Å². The molecule has 0 saturated carbocycles. The van der Waals surface area contributed by atoms with Crippen molar-refractivity contribution in [3.63, 3.8) is 0 Å². The van der Waals surface area contributed by atoms with Gasteiger partial charge in [0.2, 0.25) is 0 Å². The van der Waals surface area contributed by atoms with Crippen molar-refractivity contribution < 1.29 is 80.2 Å². The summed E-state index contributed by atoms with van der Waals surface area (Å²) in [5.74, 6) is 0.248. The minimum atomic E-state index is -4.96. The lowest BCUT2D eigenvalue weighted by Crippen LogP contribution is -2.30. The predicted molar refractivity (Wildman–Crippen MR) is 391 cm³/mol. The fraction of sp³-hybridized carbons (Fsp3) is 0.948. The molecule has 0 heterocycles. The molecule has 0 aromatic carbocycles. The molecule has 0 aliphatic carbocycles. The first-order valence-electron chi connectivity index (χ1n) is 39.9. The van der Waals surface area contributed by atoms with Crippen LogP contribution in [-0.4, -0.2) is 96.7 Å². The Labute approximate surface area is 588 Å². The van der Waals surface area contributed by atoms with E-state index in [4.69, 9.17) is 37.0 Å². The molecule has 0 aromatic rings. The fourth-order valence-corrected chi connectivity index (χ4v) is 13.3. The van der Waals surface area contributed by atoms with Crippen molar-refractivity contribution in [1.82, 2.24) is 0 Å². The van der Waals surface area contributed by atoms with Crippen LogP contribution >= 0.6 is 15.6 Å². The highest BCUT2D eigenvalue weighted by Crippen LogP contribution is 2.45. The van der Waals surface area contributed by atoms with Crippen LogP contribution < -0.4 is 0 Å². The Morgan fingerprint density at radius 2 is 0.531 bits per heavy atom. The molecule has 0 saturated heterocycles. The number of carbonyl (C=O) groups is 4. The highest BCUT2D eigenvalue weighted by atomic mass is 31.2. The third-order valence-electron chi connectivity index (χ3n) is 18.2. The van der Waals surface area contributed by atoms with Crippen LogP contribution in [0.3, 0.4) is 0 Å². The van der Waals surface area contributed by atoms with E-state index >= 15 is 0 Å². The van der Waals surface area contributed by atoms with Gasteiger partial charge >= 0.3 is 39.5 Å². The summed E-state index contributed by atoms with van der Waals surface area (Å²) >= 11 is 0. The Balaban J connectivity index is 5.20. The molecule has 6 atom stereocenters. The number of hydrogen-bond acceptors (Lipinski definition) is 15.